The van der Waals surface area contributed by atoms with Gasteiger partial charge in [0.1, 0.15) is 0 Å². The predicted molar refractivity (Wildman–Crippen MR) is 88.1 cm³/mol. The molecule has 2 aromatic rings. The first-order chi connectivity index (χ1) is 12.1. The topological polar surface area (TPSA) is 80.3 Å². The zero-order valence-corrected chi connectivity index (χ0v) is 13.9. The monoisotopic (exact) mass is 346 g/mol. The molecule has 0 aliphatic heterocycles. The average Bonchev–Trinajstić information content (AvgIpc) is 2.65. The average molecular weight is 346 g/mol. The second kappa shape index (κ2) is 9.17. The number of rotatable bonds is 8. The first kappa shape index (κ1) is 18.1. The number of hydrogen-bond acceptors (Lipinski definition) is 7. The molecule has 7 heteroatoms. The van der Waals surface area contributed by atoms with Crippen molar-refractivity contribution in [3.63, 3.8) is 0 Å². The molecule has 2 rings (SSSR count). The second-order valence-electron chi connectivity index (χ2n) is 4.73. The standard InChI is InChI=1S/C18H18O7/c1-21-13-7-3-5-9-15(13)23-11-17(19)25-18(20)12-24-16-10-6-4-8-14(16)22-2/h3-10H,11-12H2,1-2H3. The molecular formula is C18H18O7. The van der Waals surface area contributed by atoms with Gasteiger partial charge in [0, 0.05) is 0 Å². The molecule has 0 unspecified atom stereocenters. The zero-order chi connectivity index (χ0) is 18.1. The van der Waals surface area contributed by atoms with Crippen LogP contribution in [0.15, 0.2) is 48.5 Å². The van der Waals surface area contributed by atoms with Gasteiger partial charge in [0.15, 0.2) is 36.2 Å². The molecule has 0 aliphatic carbocycles. The minimum absolute atomic E-state index is 0.375. The Balaban J connectivity index is 1.79. The molecule has 7 nitrogen and oxygen atoms in total. The van der Waals surface area contributed by atoms with Gasteiger partial charge in [0.05, 0.1) is 14.2 Å². The van der Waals surface area contributed by atoms with Gasteiger partial charge in [-0.3, -0.25) is 0 Å². The Labute approximate surface area is 145 Å². The maximum Gasteiger partial charge on any atom is 0.351 e. The van der Waals surface area contributed by atoms with Crippen molar-refractivity contribution in [1.29, 1.82) is 0 Å². The molecule has 0 aromatic heterocycles. The molecule has 2 aromatic carbocycles. The first-order valence-electron chi connectivity index (χ1n) is 7.39. The van der Waals surface area contributed by atoms with Crippen LogP contribution in [0, 0.1) is 0 Å². The summed E-state index contributed by atoms with van der Waals surface area (Å²) in [5.74, 6) is 0.0284. The summed E-state index contributed by atoms with van der Waals surface area (Å²) in [7, 11) is 2.97. The number of hydrogen-bond donors (Lipinski definition) is 0. The first-order valence-corrected chi connectivity index (χ1v) is 7.39. The van der Waals surface area contributed by atoms with Crippen LogP contribution in [0.3, 0.4) is 0 Å². The molecule has 0 atom stereocenters. The highest BCUT2D eigenvalue weighted by molar-refractivity contribution is 5.87. The van der Waals surface area contributed by atoms with Crippen molar-refractivity contribution in [2.24, 2.45) is 0 Å². The van der Waals surface area contributed by atoms with E-state index in [-0.39, 0.29) is 0 Å². The van der Waals surface area contributed by atoms with Gasteiger partial charge in [-0.2, -0.15) is 0 Å². The van der Waals surface area contributed by atoms with Gasteiger partial charge < -0.3 is 23.7 Å². The molecule has 25 heavy (non-hydrogen) atoms. The number of esters is 2. The number of carbonyl (C=O) groups is 2. The molecule has 0 bridgehead atoms. The van der Waals surface area contributed by atoms with Gasteiger partial charge in [-0.1, -0.05) is 24.3 Å². The quantitative estimate of drug-likeness (QED) is 0.535. The molecule has 132 valence electrons. The lowest BCUT2D eigenvalue weighted by atomic mass is 10.3. The smallest absolute Gasteiger partial charge is 0.351 e. The van der Waals surface area contributed by atoms with Crippen molar-refractivity contribution in [1.82, 2.24) is 0 Å². The molecule has 0 N–H and O–H groups in total. The fourth-order valence-corrected chi connectivity index (χ4v) is 1.94. The summed E-state index contributed by atoms with van der Waals surface area (Å²) in [4.78, 5) is 23.3. The van der Waals surface area contributed by atoms with Crippen molar-refractivity contribution >= 4 is 11.9 Å². The van der Waals surface area contributed by atoms with E-state index in [2.05, 4.69) is 4.74 Å². The van der Waals surface area contributed by atoms with E-state index < -0.39 is 25.2 Å². The lowest BCUT2D eigenvalue weighted by molar-refractivity contribution is -0.162. The van der Waals surface area contributed by atoms with E-state index in [1.165, 1.54) is 14.2 Å². The lowest BCUT2D eigenvalue weighted by Crippen LogP contribution is -2.23. The van der Waals surface area contributed by atoms with E-state index in [0.717, 1.165) is 0 Å². The SMILES string of the molecule is COc1ccccc1OCC(=O)OC(=O)COc1ccccc1OC. The Morgan fingerprint density at radius 1 is 0.680 bits per heavy atom. The van der Waals surface area contributed by atoms with E-state index in [1.807, 2.05) is 0 Å². The highest BCUT2D eigenvalue weighted by atomic mass is 16.6. The highest BCUT2D eigenvalue weighted by Gasteiger charge is 2.14. The molecule has 0 saturated carbocycles. The Hall–Kier alpha value is -3.22. The van der Waals surface area contributed by atoms with Gasteiger partial charge >= 0.3 is 11.9 Å². The van der Waals surface area contributed by atoms with Crippen LogP contribution in [-0.4, -0.2) is 39.4 Å². The predicted octanol–water partition coefficient (Wildman–Crippen LogP) is 2.23. The summed E-state index contributed by atoms with van der Waals surface area (Å²) < 4.78 is 25.4. The van der Waals surface area contributed by atoms with Crippen molar-refractivity contribution in [3.05, 3.63) is 48.5 Å². The minimum atomic E-state index is -0.834. The Morgan fingerprint density at radius 3 is 1.40 bits per heavy atom. The number of carbonyl (C=O) groups excluding carboxylic acids is 2. The number of benzene rings is 2. The van der Waals surface area contributed by atoms with Crippen molar-refractivity contribution in [3.8, 4) is 23.0 Å². The molecule has 0 spiro atoms. The zero-order valence-electron chi connectivity index (χ0n) is 13.9. The van der Waals surface area contributed by atoms with E-state index in [4.69, 9.17) is 18.9 Å². The van der Waals surface area contributed by atoms with E-state index in [9.17, 15) is 9.59 Å². The number of ether oxygens (including phenoxy) is 5. The largest absolute Gasteiger partial charge is 0.493 e. The van der Waals surface area contributed by atoms with Gasteiger partial charge in [-0.05, 0) is 24.3 Å². The molecule has 0 amide bonds. The molecule has 0 saturated heterocycles. The summed E-state index contributed by atoms with van der Waals surface area (Å²) in [5, 5.41) is 0. The lowest BCUT2D eigenvalue weighted by Gasteiger charge is -2.11. The Kier molecular flexibility index (Phi) is 6.65. The summed E-state index contributed by atoms with van der Waals surface area (Å²) in [5.41, 5.74) is 0. The van der Waals surface area contributed by atoms with Crippen molar-refractivity contribution < 1.29 is 33.3 Å². The van der Waals surface area contributed by atoms with Crippen molar-refractivity contribution in [2.45, 2.75) is 0 Å². The fourth-order valence-electron chi connectivity index (χ4n) is 1.94. The third kappa shape index (κ3) is 5.42. The molecular weight excluding hydrogens is 328 g/mol. The minimum Gasteiger partial charge on any atom is -0.493 e. The normalized spacial score (nSPS) is 9.84. The second-order valence-corrected chi connectivity index (χ2v) is 4.73. The van der Waals surface area contributed by atoms with Gasteiger partial charge in [0.2, 0.25) is 0 Å². The van der Waals surface area contributed by atoms with E-state index in [0.29, 0.717) is 23.0 Å². The van der Waals surface area contributed by atoms with Crippen LogP contribution < -0.4 is 18.9 Å². The number of methoxy groups -OCH3 is 2. The summed E-state index contributed by atoms with van der Waals surface area (Å²) in [6.45, 7) is -0.860. The maximum absolute atomic E-state index is 11.7. The third-order valence-corrected chi connectivity index (χ3v) is 3.06. The van der Waals surface area contributed by atoms with Crippen LogP contribution in [0.1, 0.15) is 0 Å². The van der Waals surface area contributed by atoms with E-state index >= 15 is 0 Å². The van der Waals surface area contributed by atoms with Crippen LogP contribution in [0.25, 0.3) is 0 Å². The highest BCUT2D eigenvalue weighted by Crippen LogP contribution is 2.26. The van der Waals surface area contributed by atoms with Crippen molar-refractivity contribution in [2.75, 3.05) is 27.4 Å². The van der Waals surface area contributed by atoms with Crippen LogP contribution in [-0.2, 0) is 14.3 Å². The summed E-state index contributed by atoms with van der Waals surface area (Å²) in [6, 6.07) is 13.6. The Bertz CT molecular complexity index is 665. The maximum atomic E-state index is 11.7. The van der Waals surface area contributed by atoms with Gasteiger partial charge in [0.25, 0.3) is 0 Å². The number of para-hydroxylation sites is 4. The van der Waals surface area contributed by atoms with Gasteiger partial charge in [-0.15, -0.1) is 0 Å². The molecule has 0 heterocycles. The molecule has 0 radical (unpaired) electrons. The van der Waals surface area contributed by atoms with Crippen LogP contribution in [0.2, 0.25) is 0 Å². The van der Waals surface area contributed by atoms with Crippen LogP contribution in [0.5, 0.6) is 23.0 Å². The van der Waals surface area contributed by atoms with E-state index in [1.54, 1.807) is 48.5 Å². The van der Waals surface area contributed by atoms with Gasteiger partial charge in [-0.25, -0.2) is 9.59 Å². The molecule has 0 fully saturated rings. The Morgan fingerprint density at radius 2 is 1.04 bits per heavy atom. The molecule has 0 aliphatic rings. The van der Waals surface area contributed by atoms with Crippen LogP contribution >= 0.6 is 0 Å². The third-order valence-electron chi connectivity index (χ3n) is 3.06. The summed E-state index contributed by atoms with van der Waals surface area (Å²) >= 11 is 0. The fraction of sp³-hybridized carbons (Fsp3) is 0.222. The summed E-state index contributed by atoms with van der Waals surface area (Å²) in [6.07, 6.45) is 0. The van der Waals surface area contributed by atoms with Crippen LogP contribution in [0.4, 0.5) is 0 Å².